The lowest BCUT2D eigenvalue weighted by Crippen LogP contribution is -2.37. The minimum Gasteiger partial charge on any atom is -0.491 e. The van der Waals surface area contributed by atoms with Crippen molar-refractivity contribution < 1.29 is 19.1 Å². The summed E-state index contributed by atoms with van der Waals surface area (Å²) in [5, 5.41) is 0. The van der Waals surface area contributed by atoms with Gasteiger partial charge < -0.3 is 14.4 Å². The second kappa shape index (κ2) is 5.64. The van der Waals surface area contributed by atoms with Crippen LogP contribution in [0.1, 0.15) is 10.4 Å². The molecule has 1 aliphatic heterocycles. The van der Waals surface area contributed by atoms with Gasteiger partial charge in [0.05, 0.1) is 18.7 Å². The molecule has 5 nitrogen and oxygen atoms in total. The first-order valence-corrected chi connectivity index (χ1v) is 5.74. The van der Waals surface area contributed by atoms with Crippen molar-refractivity contribution in [3.8, 4) is 5.75 Å². The lowest BCUT2D eigenvalue weighted by atomic mass is 10.1. The van der Waals surface area contributed by atoms with Crippen LogP contribution in [-0.4, -0.2) is 50.0 Å². The van der Waals surface area contributed by atoms with Crippen LogP contribution >= 0.6 is 0 Å². The summed E-state index contributed by atoms with van der Waals surface area (Å²) in [6.07, 6.45) is 0. The molecule has 0 aliphatic carbocycles. The molecule has 0 saturated carbocycles. The van der Waals surface area contributed by atoms with Gasteiger partial charge in [-0.1, -0.05) is 12.1 Å². The van der Waals surface area contributed by atoms with Crippen LogP contribution in [-0.2, 0) is 9.53 Å². The third-order valence-electron chi connectivity index (χ3n) is 2.70. The van der Waals surface area contributed by atoms with Gasteiger partial charge >= 0.3 is 0 Å². The number of ketones is 1. The molecule has 2 rings (SSSR count). The van der Waals surface area contributed by atoms with E-state index in [0.717, 1.165) is 0 Å². The fourth-order valence-corrected chi connectivity index (χ4v) is 1.88. The summed E-state index contributed by atoms with van der Waals surface area (Å²) in [4.78, 5) is 25.2. The fourth-order valence-electron chi connectivity index (χ4n) is 1.88. The summed E-state index contributed by atoms with van der Waals surface area (Å²) in [5.74, 6) is 0.280. The third kappa shape index (κ3) is 2.68. The zero-order valence-electron chi connectivity index (χ0n) is 10.2. The van der Waals surface area contributed by atoms with Crippen LogP contribution < -0.4 is 4.74 Å². The normalized spacial score (nSPS) is 14.7. The second-order valence-corrected chi connectivity index (χ2v) is 4.04. The van der Waals surface area contributed by atoms with E-state index in [4.69, 9.17) is 9.47 Å². The Bertz CT molecular complexity index is 458. The van der Waals surface area contributed by atoms with Gasteiger partial charge in [-0.2, -0.15) is 0 Å². The molecular formula is C13H15NO4. The number of rotatable bonds is 4. The number of ether oxygens (including phenoxy) is 2. The van der Waals surface area contributed by atoms with Crippen LogP contribution in [0, 0.1) is 0 Å². The Morgan fingerprint density at radius 2 is 2.22 bits per heavy atom. The smallest absolute Gasteiger partial charge is 0.258 e. The highest BCUT2D eigenvalue weighted by Crippen LogP contribution is 2.22. The molecule has 1 heterocycles. The molecule has 0 spiro atoms. The molecule has 0 atom stereocenters. The van der Waals surface area contributed by atoms with E-state index in [1.807, 2.05) is 6.07 Å². The van der Waals surface area contributed by atoms with Gasteiger partial charge in [-0.25, -0.2) is 0 Å². The van der Waals surface area contributed by atoms with Crippen molar-refractivity contribution in [2.24, 2.45) is 0 Å². The first-order chi connectivity index (χ1) is 8.72. The number of carbonyl (C=O) groups is 2. The van der Waals surface area contributed by atoms with Gasteiger partial charge in [0.15, 0.2) is 5.78 Å². The van der Waals surface area contributed by atoms with Crippen molar-refractivity contribution in [3.63, 3.8) is 0 Å². The van der Waals surface area contributed by atoms with Crippen LogP contribution in [0.3, 0.4) is 0 Å². The number of benzene rings is 1. The zero-order valence-corrected chi connectivity index (χ0v) is 10.2. The van der Waals surface area contributed by atoms with Crippen molar-refractivity contribution in [1.29, 1.82) is 0 Å². The number of amides is 1. The molecule has 96 valence electrons. The number of hydrogen-bond donors (Lipinski definition) is 0. The highest BCUT2D eigenvalue weighted by molar-refractivity contribution is 5.99. The molecule has 0 fully saturated rings. The maximum atomic E-state index is 12.2. The van der Waals surface area contributed by atoms with Crippen molar-refractivity contribution >= 4 is 11.7 Å². The Kier molecular flexibility index (Phi) is 3.94. The van der Waals surface area contributed by atoms with E-state index >= 15 is 0 Å². The first kappa shape index (κ1) is 12.6. The van der Waals surface area contributed by atoms with Gasteiger partial charge in [-0.3, -0.25) is 9.59 Å². The minimum absolute atomic E-state index is 0.0201. The second-order valence-electron chi connectivity index (χ2n) is 4.04. The lowest BCUT2D eigenvalue weighted by Gasteiger charge is -2.18. The molecular weight excluding hydrogens is 234 g/mol. The largest absolute Gasteiger partial charge is 0.491 e. The summed E-state index contributed by atoms with van der Waals surface area (Å²) in [6, 6.07) is 7.06. The van der Waals surface area contributed by atoms with Crippen molar-refractivity contribution in [3.05, 3.63) is 29.8 Å². The summed E-state index contributed by atoms with van der Waals surface area (Å²) in [7, 11) is 1.46. The Morgan fingerprint density at radius 1 is 1.44 bits per heavy atom. The molecule has 5 heteroatoms. The Hall–Kier alpha value is -1.88. The van der Waals surface area contributed by atoms with Crippen molar-refractivity contribution in [2.45, 2.75) is 0 Å². The molecule has 0 unspecified atom stereocenters. The van der Waals surface area contributed by atoms with E-state index in [1.54, 1.807) is 18.2 Å². The molecule has 1 aromatic carbocycles. The van der Waals surface area contributed by atoms with Gasteiger partial charge in [0.25, 0.3) is 5.91 Å². The quantitative estimate of drug-likeness (QED) is 0.789. The van der Waals surface area contributed by atoms with Gasteiger partial charge in [0.1, 0.15) is 19.0 Å². The number of fused-ring (bicyclic) bond motifs is 1. The molecule has 1 amide bonds. The predicted molar refractivity (Wildman–Crippen MR) is 64.7 cm³/mol. The highest BCUT2D eigenvalue weighted by atomic mass is 16.5. The first-order valence-electron chi connectivity index (χ1n) is 5.74. The van der Waals surface area contributed by atoms with E-state index in [1.165, 1.54) is 12.0 Å². The van der Waals surface area contributed by atoms with Crippen LogP contribution in [0.15, 0.2) is 24.3 Å². The summed E-state index contributed by atoms with van der Waals surface area (Å²) >= 11 is 0. The van der Waals surface area contributed by atoms with Crippen LogP contribution in [0.25, 0.3) is 0 Å². The molecule has 1 aliphatic rings. The maximum Gasteiger partial charge on any atom is 0.258 e. The Morgan fingerprint density at radius 3 is 3.00 bits per heavy atom. The fraction of sp³-hybridized carbons (Fsp3) is 0.385. The monoisotopic (exact) mass is 249 g/mol. The van der Waals surface area contributed by atoms with Crippen molar-refractivity contribution in [2.75, 3.05) is 33.4 Å². The standard InChI is InChI=1S/C13H15NO4/c1-17-9-10(15)8-14-6-7-18-12-5-3-2-4-11(12)13(14)16/h2-5H,6-9H2,1H3. The third-order valence-corrected chi connectivity index (χ3v) is 2.70. The van der Waals surface area contributed by atoms with E-state index in [-0.39, 0.29) is 24.8 Å². The number of hydrogen-bond acceptors (Lipinski definition) is 4. The Labute approximate surface area is 105 Å². The summed E-state index contributed by atoms with van der Waals surface area (Å²) < 4.78 is 10.2. The summed E-state index contributed by atoms with van der Waals surface area (Å²) in [5.41, 5.74) is 0.500. The zero-order chi connectivity index (χ0) is 13.0. The van der Waals surface area contributed by atoms with Crippen LogP contribution in [0.5, 0.6) is 5.75 Å². The molecule has 0 N–H and O–H groups in total. The van der Waals surface area contributed by atoms with Crippen LogP contribution in [0.4, 0.5) is 0 Å². The van der Waals surface area contributed by atoms with Gasteiger partial charge in [0, 0.05) is 7.11 Å². The molecule has 0 radical (unpaired) electrons. The Balaban J connectivity index is 2.15. The van der Waals surface area contributed by atoms with E-state index < -0.39 is 0 Å². The average Bonchev–Trinajstić information content (AvgIpc) is 2.51. The number of carbonyl (C=O) groups excluding carboxylic acids is 2. The minimum atomic E-state index is -0.174. The molecule has 18 heavy (non-hydrogen) atoms. The lowest BCUT2D eigenvalue weighted by molar-refractivity contribution is -0.123. The number of Topliss-reactive ketones (excluding diaryl/α,β-unsaturated/α-hetero) is 1. The summed E-state index contributed by atoms with van der Waals surface area (Å²) in [6.45, 7) is 0.878. The highest BCUT2D eigenvalue weighted by Gasteiger charge is 2.24. The topological polar surface area (TPSA) is 55.8 Å². The molecule has 1 aromatic rings. The number of methoxy groups -OCH3 is 1. The SMILES string of the molecule is COCC(=O)CN1CCOc2ccccc2C1=O. The molecule has 0 saturated heterocycles. The number of para-hydroxylation sites is 1. The van der Waals surface area contributed by atoms with E-state index in [2.05, 4.69) is 0 Å². The maximum absolute atomic E-state index is 12.2. The number of nitrogens with zero attached hydrogens (tertiary/aromatic N) is 1. The van der Waals surface area contributed by atoms with Gasteiger partial charge in [-0.05, 0) is 12.1 Å². The molecule has 0 bridgehead atoms. The predicted octanol–water partition coefficient (Wildman–Crippen LogP) is 0.737. The molecule has 0 aromatic heterocycles. The van der Waals surface area contributed by atoms with Crippen LogP contribution in [0.2, 0.25) is 0 Å². The van der Waals surface area contributed by atoms with Crippen molar-refractivity contribution in [1.82, 2.24) is 4.90 Å². The van der Waals surface area contributed by atoms with Gasteiger partial charge in [0.2, 0.25) is 0 Å². The van der Waals surface area contributed by atoms with E-state index in [9.17, 15) is 9.59 Å². The average molecular weight is 249 g/mol. The van der Waals surface area contributed by atoms with Gasteiger partial charge in [-0.15, -0.1) is 0 Å². The van der Waals surface area contributed by atoms with E-state index in [0.29, 0.717) is 24.5 Å².